The Kier molecular flexibility index (Phi) is 4.32. The zero-order valence-corrected chi connectivity index (χ0v) is 13.6. The zero-order chi connectivity index (χ0) is 15.7. The lowest BCUT2D eigenvalue weighted by atomic mass is 10.1. The summed E-state index contributed by atoms with van der Waals surface area (Å²) >= 11 is 6.00. The lowest BCUT2D eigenvalue weighted by molar-refractivity contribution is 0.102. The van der Waals surface area contributed by atoms with Crippen LogP contribution in [0.2, 0.25) is 5.15 Å². The molecule has 2 rings (SSSR count). The van der Waals surface area contributed by atoms with Crippen LogP contribution in [0.25, 0.3) is 0 Å². The van der Waals surface area contributed by atoms with Gasteiger partial charge in [0, 0.05) is 18.3 Å². The molecule has 0 aliphatic heterocycles. The standard InChI is InChI=1S/C15H19ClN4O/c1-8(2)12-6-11(7-13(16)17-12)15(21)18-14-9(3)19-20(5)10(14)4/h6-8H,1-5H3,(H,18,21). The zero-order valence-electron chi connectivity index (χ0n) is 12.9. The first kappa shape index (κ1) is 15.5. The smallest absolute Gasteiger partial charge is 0.255 e. The molecular weight excluding hydrogens is 288 g/mol. The van der Waals surface area contributed by atoms with Gasteiger partial charge in [-0.25, -0.2) is 4.98 Å². The van der Waals surface area contributed by atoms with Crippen molar-refractivity contribution in [2.24, 2.45) is 7.05 Å². The summed E-state index contributed by atoms with van der Waals surface area (Å²) in [5.74, 6) is -0.00230. The molecule has 1 N–H and O–H groups in total. The molecule has 0 bridgehead atoms. The quantitative estimate of drug-likeness (QED) is 0.883. The van der Waals surface area contributed by atoms with Gasteiger partial charge in [-0.05, 0) is 31.9 Å². The number of nitrogens with one attached hydrogen (secondary N) is 1. The molecule has 112 valence electrons. The number of carbonyl (C=O) groups excluding carboxylic acids is 1. The molecule has 0 spiro atoms. The number of aromatic nitrogens is 3. The summed E-state index contributed by atoms with van der Waals surface area (Å²) in [5.41, 5.74) is 3.73. The minimum Gasteiger partial charge on any atom is -0.319 e. The van der Waals surface area contributed by atoms with E-state index in [9.17, 15) is 4.79 Å². The maximum atomic E-state index is 12.4. The van der Waals surface area contributed by atoms with Crippen LogP contribution >= 0.6 is 11.6 Å². The highest BCUT2D eigenvalue weighted by Gasteiger charge is 2.16. The lowest BCUT2D eigenvalue weighted by Crippen LogP contribution is -2.14. The highest BCUT2D eigenvalue weighted by atomic mass is 35.5. The van der Waals surface area contributed by atoms with E-state index in [2.05, 4.69) is 15.4 Å². The Morgan fingerprint density at radius 1 is 1.33 bits per heavy atom. The minimum atomic E-state index is -0.208. The number of hydrogen-bond acceptors (Lipinski definition) is 3. The van der Waals surface area contributed by atoms with E-state index in [0.29, 0.717) is 10.7 Å². The van der Waals surface area contributed by atoms with Gasteiger partial charge < -0.3 is 5.32 Å². The van der Waals surface area contributed by atoms with Crippen LogP contribution in [0.1, 0.15) is 47.2 Å². The molecule has 0 unspecified atom stereocenters. The monoisotopic (exact) mass is 306 g/mol. The van der Waals surface area contributed by atoms with Crippen LogP contribution in [0.15, 0.2) is 12.1 Å². The SMILES string of the molecule is Cc1nn(C)c(C)c1NC(=O)c1cc(Cl)nc(C(C)C)c1. The van der Waals surface area contributed by atoms with Crippen molar-refractivity contribution in [2.75, 3.05) is 5.32 Å². The molecule has 2 heterocycles. The molecule has 0 aliphatic carbocycles. The molecule has 5 nitrogen and oxygen atoms in total. The Balaban J connectivity index is 2.32. The maximum Gasteiger partial charge on any atom is 0.255 e. The van der Waals surface area contributed by atoms with Crippen LogP contribution in [-0.2, 0) is 7.05 Å². The highest BCUT2D eigenvalue weighted by molar-refractivity contribution is 6.29. The topological polar surface area (TPSA) is 59.8 Å². The second-order valence-electron chi connectivity index (χ2n) is 5.38. The molecule has 21 heavy (non-hydrogen) atoms. The predicted octanol–water partition coefficient (Wildman–Crippen LogP) is 3.46. The molecule has 0 saturated carbocycles. The van der Waals surface area contributed by atoms with Crippen molar-refractivity contribution in [2.45, 2.75) is 33.6 Å². The van der Waals surface area contributed by atoms with Crippen molar-refractivity contribution in [1.82, 2.24) is 14.8 Å². The van der Waals surface area contributed by atoms with Gasteiger partial charge >= 0.3 is 0 Å². The van der Waals surface area contributed by atoms with Gasteiger partial charge in [0.2, 0.25) is 0 Å². The van der Waals surface area contributed by atoms with E-state index in [4.69, 9.17) is 11.6 Å². The fourth-order valence-electron chi connectivity index (χ4n) is 2.08. The Labute approximate surface area is 129 Å². The van der Waals surface area contributed by atoms with Crippen molar-refractivity contribution in [3.05, 3.63) is 39.9 Å². The van der Waals surface area contributed by atoms with Gasteiger partial charge in [-0.15, -0.1) is 0 Å². The van der Waals surface area contributed by atoms with E-state index in [0.717, 1.165) is 22.8 Å². The summed E-state index contributed by atoms with van der Waals surface area (Å²) < 4.78 is 1.74. The van der Waals surface area contributed by atoms with Crippen LogP contribution in [0, 0.1) is 13.8 Å². The number of halogens is 1. The van der Waals surface area contributed by atoms with E-state index < -0.39 is 0 Å². The van der Waals surface area contributed by atoms with E-state index in [1.54, 1.807) is 16.8 Å². The normalized spacial score (nSPS) is 11.0. The average Bonchev–Trinajstić information content (AvgIpc) is 2.64. The molecule has 1 amide bonds. The Morgan fingerprint density at radius 2 is 2.00 bits per heavy atom. The van der Waals surface area contributed by atoms with Crippen LogP contribution in [0.4, 0.5) is 5.69 Å². The number of nitrogens with zero attached hydrogens (tertiary/aromatic N) is 3. The van der Waals surface area contributed by atoms with Gasteiger partial charge in [-0.1, -0.05) is 25.4 Å². The largest absolute Gasteiger partial charge is 0.319 e. The molecule has 0 aromatic carbocycles. The average molecular weight is 307 g/mol. The first-order valence-electron chi connectivity index (χ1n) is 6.78. The molecule has 0 atom stereocenters. The van der Waals surface area contributed by atoms with Crippen LogP contribution in [0.5, 0.6) is 0 Å². The minimum absolute atomic E-state index is 0.206. The van der Waals surface area contributed by atoms with E-state index in [1.165, 1.54) is 0 Å². The fourth-order valence-corrected chi connectivity index (χ4v) is 2.30. The third-order valence-electron chi connectivity index (χ3n) is 3.42. The van der Waals surface area contributed by atoms with Gasteiger partial charge in [0.25, 0.3) is 5.91 Å². The molecule has 0 aliphatic rings. The van der Waals surface area contributed by atoms with Gasteiger partial charge in [-0.3, -0.25) is 9.48 Å². The molecule has 0 radical (unpaired) electrons. The van der Waals surface area contributed by atoms with Gasteiger partial charge in [-0.2, -0.15) is 5.10 Å². The Hall–Kier alpha value is -1.88. The third kappa shape index (κ3) is 3.24. The lowest BCUT2D eigenvalue weighted by Gasteiger charge is -2.09. The van der Waals surface area contributed by atoms with Gasteiger partial charge in [0.1, 0.15) is 5.15 Å². The van der Waals surface area contributed by atoms with Crippen molar-refractivity contribution >= 4 is 23.2 Å². The van der Waals surface area contributed by atoms with Gasteiger partial charge in [0.15, 0.2) is 0 Å². The van der Waals surface area contributed by atoms with Crippen molar-refractivity contribution in [3.8, 4) is 0 Å². The van der Waals surface area contributed by atoms with Crippen LogP contribution in [-0.4, -0.2) is 20.7 Å². The summed E-state index contributed by atoms with van der Waals surface area (Å²) in [6, 6.07) is 3.34. The summed E-state index contributed by atoms with van der Waals surface area (Å²) in [5, 5.41) is 7.51. The molecule has 0 saturated heterocycles. The maximum absolute atomic E-state index is 12.4. The van der Waals surface area contributed by atoms with Crippen LogP contribution < -0.4 is 5.32 Å². The Morgan fingerprint density at radius 3 is 2.52 bits per heavy atom. The highest BCUT2D eigenvalue weighted by Crippen LogP contribution is 2.22. The van der Waals surface area contributed by atoms with E-state index in [1.807, 2.05) is 34.7 Å². The second-order valence-corrected chi connectivity index (χ2v) is 5.77. The number of rotatable bonds is 3. The second kappa shape index (κ2) is 5.85. The van der Waals surface area contributed by atoms with Crippen molar-refractivity contribution < 1.29 is 4.79 Å². The molecule has 2 aromatic rings. The van der Waals surface area contributed by atoms with Crippen LogP contribution in [0.3, 0.4) is 0 Å². The number of carbonyl (C=O) groups is 1. The molecule has 0 fully saturated rings. The molecular formula is C15H19ClN4O. The first-order chi connectivity index (χ1) is 9.79. The summed E-state index contributed by atoms with van der Waals surface area (Å²) in [6.45, 7) is 7.79. The number of pyridine rings is 1. The number of aryl methyl sites for hydroxylation is 2. The Bertz CT molecular complexity index is 691. The summed E-state index contributed by atoms with van der Waals surface area (Å²) in [4.78, 5) is 16.7. The number of amides is 1. The fraction of sp³-hybridized carbons (Fsp3) is 0.400. The predicted molar refractivity (Wildman–Crippen MR) is 84.0 cm³/mol. The van der Waals surface area contributed by atoms with Crippen molar-refractivity contribution in [1.29, 1.82) is 0 Å². The van der Waals surface area contributed by atoms with Crippen molar-refractivity contribution in [3.63, 3.8) is 0 Å². The molecule has 2 aromatic heterocycles. The van der Waals surface area contributed by atoms with E-state index >= 15 is 0 Å². The molecule has 6 heteroatoms. The third-order valence-corrected chi connectivity index (χ3v) is 3.61. The number of anilines is 1. The van der Waals surface area contributed by atoms with E-state index in [-0.39, 0.29) is 11.8 Å². The summed E-state index contributed by atoms with van der Waals surface area (Å²) in [6.07, 6.45) is 0. The summed E-state index contributed by atoms with van der Waals surface area (Å²) in [7, 11) is 1.85. The van der Waals surface area contributed by atoms with Gasteiger partial charge in [0.05, 0.1) is 17.1 Å². The first-order valence-corrected chi connectivity index (χ1v) is 7.16. The number of hydrogen-bond donors (Lipinski definition) is 1.